The van der Waals surface area contributed by atoms with Crippen LogP contribution in [0.3, 0.4) is 0 Å². The van der Waals surface area contributed by atoms with Gasteiger partial charge in [0.2, 0.25) is 0 Å². The molecule has 0 aliphatic carbocycles. The van der Waals surface area contributed by atoms with Crippen LogP contribution >= 0.6 is 24.0 Å². The van der Waals surface area contributed by atoms with E-state index in [0.717, 1.165) is 50.9 Å². The first-order valence-electron chi connectivity index (χ1n) is 9.55. The lowest BCUT2D eigenvalue weighted by molar-refractivity contribution is 0.198. The number of aromatic nitrogens is 2. The zero-order chi connectivity index (χ0) is 18.6. The van der Waals surface area contributed by atoms with Crippen molar-refractivity contribution in [1.82, 2.24) is 25.3 Å². The maximum atomic E-state index is 5.65. The summed E-state index contributed by atoms with van der Waals surface area (Å²) in [5, 5.41) is 10.9. The Morgan fingerprint density at radius 2 is 2.07 bits per heavy atom. The van der Waals surface area contributed by atoms with Gasteiger partial charge >= 0.3 is 0 Å². The fraction of sp³-hybridized carbons (Fsp3) is 0.579. The van der Waals surface area contributed by atoms with E-state index in [9.17, 15) is 0 Å². The van der Waals surface area contributed by atoms with Crippen molar-refractivity contribution in [3.05, 3.63) is 42.6 Å². The van der Waals surface area contributed by atoms with Gasteiger partial charge in [0.25, 0.3) is 0 Å². The van der Waals surface area contributed by atoms with Crippen molar-refractivity contribution < 1.29 is 4.42 Å². The number of hydrogen-bond acceptors (Lipinski definition) is 4. The molecular weight excluding hydrogens is 455 g/mol. The summed E-state index contributed by atoms with van der Waals surface area (Å²) in [4.78, 5) is 7.16. The van der Waals surface area contributed by atoms with Crippen LogP contribution in [0.25, 0.3) is 0 Å². The van der Waals surface area contributed by atoms with Crippen LogP contribution in [0.2, 0.25) is 0 Å². The van der Waals surface area contributed by atoms with E-state index in [-0.39, 0.29) is 30.0 Å². The van der Waals surface area contributed by atoms with Crippen LogP contribution in [0.4, 0.5) is 0 Å². The highest BCUT2D eigenvalue weighted by atomic mass is 127. The van der Waals surface area contributed by atoms with Gasteiger partial charge in [-0.05, 0) is 44.6 Å². The molecule has 2 heterocycles. The van der Waals surface area contributed by atoms with Crippen molar-refractivity contribution in [1.29, 1.82) is 0 Å². The van der Waals surface area contributed by atoms with Gasteiger partial charge in [-0.3, -0.25) is 14.6 Å². The molecule has 2 aromatic rings. The largest absolute Gasteiger partial charge is 0.468 e. The van der Waals surface area contributed by atoms with Crippen molar-refractivity contribution in [2.75, 3.05) is 32.7 Å². The molecule has 1 atom stereocenters. The quantitative estimate of drug-likeness (QED) is 0.220. The molecule has 0 radical (unpaired) electrons. The maximum absolute atomic E-state index is 5.65. The molecule has 27 heavy (non-hydrogen) atoms. The smallest absolute Gasteiger partial charge is 0.191 e. The third-order valence-corrected chi connectivity index (χ3v) is 4.31. The van der Waals surface area contributed by atoms with E-state index >= 15 is 0 Å². The van der Waals surface area contributed by atoms with Gasteiger partial charge in [0, 0.05) is 32.0 Å². The Bertz CT molecular complexity index is 610. The summed E-state index contributed by atoms with van der Waals surface area (Å²) in [6, 6.07) is 6.07. The molecule has 0 fully saturated rings. The van der Waals surface area contributed by atoms with Crippen molar-refractivity contribution in [2.45, 2.75) is 39.8 Å². The summed E-state index contributed by atoms with van der Waals surface area (Å²) in [6.45, 7) is 11.6. The number of halogens is 1. The Balaban J connectivity index is 0.00000364. The number of nitrogens with one attached hydrogen (secondary N) is 2. The summed E-state index contributed by atoms with van der Waals surface area (Å²) in [5.74, 6) is 1.81. The summed E-state index contributed by atoms with van der Waals surface area (Å²) in [7, 11) is 0. The minimum absolute atomic E-state index is 0. The number of likely N-dealkylation sites (N-methyl/N-ethyl adjacent to an activating group) is 1. The highest BCUT2D eigenvalue weighted by Crippen LogP contribution is 2.21. The predicted molar refractivity (Wildman–Crippen MR) is 121 cm³/mol. The van der Waals surface area contributed by atoms with E-state index in [1.165, 1.54) is 0 Å². The fourth-order valence-electron chi connectivity index (χ4n) is 2.93. The van der Waals surface area contributed by atoms with Gasteiger partial charge in [-0.2, -0.15) is 5.10 Å². The predicted octanol–water partition coefficient (Wildman–Crippen LogP) is 3.12. The molecular formula is C19H33IN6O. The van der Waals surface area contributed by atoms with Gasteiger partial charge in [-0.15, -0.1) is 24.0 Å². The highest BCUT2D eigenvalue weighted by molar-refractivity contribution is 14.0. The molecule has 2 aromatic heterocycles. The molecule has 0 aliphatic heterocycles. The standard InChI is InChI=1S/C19H32N6O.HI/c1-4-20-19(21-11-8-13-25-14-9-12-23-25)22-16-17(24(5-2)6-3)18-10-7-15-26-18;/h7,9-10,12,14-15,17H,4-6,8,11,13,16H2,1-3H3,(H2,20,21,22);1H. The molecule has 1 unspecified atom stereocenters. The van der Waals surface area contributed by atoms with Gasteiger partial charge in [0.15, 0.2) is 5.96 Å². The molecule has 8 heteroatoms. The normalized spacial score (nSPS) is 12.7. The molecule has 0 bridgehead atoms. The molecule has 7 nitrogen and oxygen atoms in total. The monoisotopic (exact) mass is 488 g/mol. The van der Waals surface area contributed by atoms with E-state index in [1.807, 2.05) is 29.1 Å². The van der Waals surface area contributed by atoms with E-state index < -0.39 is 0 Å². The van der Waals surface area contributed by atoms with Crippen LogP contribution in [0.5, 0.6) is 0 Å². The second-order valence-corrected chi connectivity index (χ2v) is 6.02. The minimum Gasteiger partial charge on any atom is -0.468 e. The van der Waals surface area contributed by atoms with Crippen LogP contribution in [-0.4, -0.2) is 53.4 Å². The molecule has 0 saturated carbocycles. The third kappa shape index (κ3) is 7.92. The van der Waals surface area contributed by atoms with Crippen molar-refractivity contribution >= 4 is 29.9 Å². The first-order chi connectivity index (χ1) is 12.8. The fourth-order valence-corrected chi connectivity index (χ4v) is 2.93. The summed E-state index contributed by atoms with van der Waals surface area (Å²) < 4.78 is 7.59. The second-order valence-electron chi connectivity index (χ2n) is 6.02. The van der Waals surface area contributed by atoms with Gasteiger partial charge in [-0.1, -0.05) is 13.8 Å². The number of hydrogen-bond donors (Lipinski definition) is 2. The zero-order valence-electron chi connectivity index (χ0n) is 16.6. The molecule has 152 valence electrons. The van der Waals surface area contributed by atoms with E-state index in [1.54, 1.807) is 12.5 Å². The molecule has 0 aliphatic rings. The zero-order valence-corrected chi connectivity index (χ0v) is 18.9. The Kier molecular flexibility index (Phi) is 11.8. The number of aliphatic imine (C=N–C) groups is 1. The van der Waals surface area contributed by atoms with Crippen molar-refractivity contribution in [3.8, 4) is 0 Å². The summed E-state index contributed by atoms with van der Waals surface area (Å²) in [6.07, 6.45) is 6.51. The SMILES string of the molecule is CCNC(=NCC(c1ccco1)N(CC)CC)NCCCn1cccn1.I. The average Bonchev–Trinajstić information content (AvgIpc) is 3.36. The molecule has 2 N–H and O–H groups in total. The maximum Gasteiger partial charge on any atom is 0.191 e. The van der Waals surface area contributed by atoms with E-state index in [4.69, 9.17) is 9.41 Å². The number of guanidine groups is 1. The van der Waals surface area contributed by atoms with Gasteiger partial charge in [0.05, 0.1) is 18.8 Å². The third-order valence-electron chi connectivity index (χ3n) is 4.31. The van der Waals surface area contributed by atoms with E-state index in [0.29, 0.717) is 6.54 Å². The average molecular weight is 488 g/mol. The lowest BCUT2D eigenvalue weighted by Gasteiger charge is -2.27. The van der Waals surface area contributed by atoms with Crippen molar-refractivity contribution in [2.24, 2.45) is 4.99 Å². The number of nitrogens with zero attached hydrogens (tertiary/aromatic N) is 4. The highest BCUT2D eigenvalue weighted by Gasteiger charge is 2.20. The summed E-state index contributed by atoms with van der Waals surface area (Å²) in [5.41, 5.74) is 0. The molecule has 0 aromatic carbocycles. The Morgan fingerprint density at radius 3 is 2.67 bits per heavy atom. The van der Waals surface area contributed by atoms with Gasteiger partial charge < -0.3 is 15.1 Å². The van der Waals surface area contributed by atoms with Crippen LogP contribution in [0.1, 0.15) is 39.0 Å². The first-order valence-corrected chi connectivity index (χ1v) is 9.55. The number of furan rings is 1. The first kappa shape index (κ1) is 23.5. The van der Waals surface area contributed by atoms with Gasteiger partial charge in [0.1, 0.15) is 5.76 Å². The molecule has 2 rings (SSSR count). The van der Waals surface area contributed by atoms with Crippen LogP contribution < -0.4 is 10.6 Å². The minimum atomic E-state index is 0. The van der Waals surface area contributed by atoms with Crippen LogP contribution in [0.15, 0.2) is 46.3 Å². The van der Waals surface area contributed by atoms with E-state index in [2.05, 4.69) is 41.4 Å². The number of aryl methyl sites for hydroxylation is 1. The van der Waals surface area contributed by atoms with Crippen LogP contribution in [-0.2, 0) is 6.54 Å². The Hall–Kier alpha value is -1.55. The Labute approximate surface area is 179 Å². The van der Waals surface area contributed by atoms with Gasteiger partial charge in [-0.25, -0.2) is 0 Å². The lowest BCUT2D eigenvalue weighted by atomic mass is 10.2. The topological polar surface area (TPSA) is 70.6 Å². The second kappa shape index (κ2) is 13.6. The molecule has 0 amide bonds. The summed E-state index contributed by atoms with van der Waals surface area (Å²) >= 11 is 0. The van der Waals surface area contributed by atoms with Crippen LogP contribution in [0, 0.1) is 0 Å². The molecule has 0 spiro atoms. The Morgan fingerprint density at radius 1 is 1.26 bits per heavy atom. The number of rotatable bonds is 11. The molecule has 0 saturated heterocycles. The lowest BCUT2D eigenvalue weighted by Crippen LogP contribution is -2.39. The van der Waals surface area contributed by atoms with Crippen molar-refractivity contribution in [3.63, 3.8) is 0 Å².